The molecule has 11 heteroatoms. The molecule has 204 valence electrons. The molecule has 0 aromatic heterocycles. The van der Waals surface area contributed by atoms with Crippen LogP contribution in [0.5, 0.6) is 11.5 Å². The highest BCUT2D eigenvalue weighted by molar-refractivity contribution is 5.96. The van der Waals surface area contributed by atoms with Crippen LogP contribution in [0.2, 0.25) is 0 Å². The molecule has 0 aliphatic heterocycles. The lowest BCUT2D eigenvalue weighted by atomic mass is 10.0. The maximum atomic E-state index is 13.3. The minimum absolute atomic E-state index is 0.0651. The highest BCUT2D eigenvalue weighted by atomic mass is 19.1. The molecule has 38 heavy (non-hydrogen) atoms. The summed E-state index contributed by atoms with van der Waals surface area (Å²) < 4.78 is 23.8. The molecule has 2 aromatic rings. The number of methoxy groups -OCH3 is 1. The first kappa shape index (κ1) is 29.9. The van der Waals surface area contributed by atoms with E-state index in [0.29, 0.717) is 16.9 Å². The largest absolute Gasteiger partial charge is 0.496 e. The number of halogens is 1. The maximum Gasteiger partial charge on any atom is 0.305 e. The minimum atomic E-state index is -1.45. The van der Waals surface area contributed by atoms with Crippen LogP contribution in [0.15, 0.2) is 42.5 Å². The summed E-state index contributed by atoms with van der Waals surface area (Å²) in [4.78, 5) is 61.6. The molecular formula is C27H31FN2O8. The molecule has 0 aliphatic carbocycles. The standard InChI is InChI=1S/C27H31FN2O8/c1-15(2)26(30-24(33)11-18-10-17(16(3)31)8-9-23(18)37-4)27(36)29-21(13-25(34)35)22(32)14-38-20-7-5-6-19(28)12-20/h5-10,12,15,21,26H,11,13-14H2,1-4H3,(H,29,36)(H,30,33)(H,34,35)/t21-,26-/m0/s1. The lowest BCUT2D eigenvalue weighted by molar-refractivity contribution is -0.141. The summed E-state index contributed by atoms with van der Waals surface area (Å²) >= 11 is 0. The van der Waals surface area contributed by atoms with Gasteiger partial charge in [0.1, 0.15) is 36.0 Å². The number of carbonyl (C=O) groups excluding carboxylic acids is 4. The van der Waals surface area contributed by atoms with Gasteiger partial charge in [-0.15, -0.1) is 0 Å². The van der Waals surface area contributed by atoms with E-state index in [2.05, 4.69) is 10.6 Å². The zero-order valence-corrected chi connectivity index (χ0v) is 21.6. The van der Waals surface area contributed by atoms with Crippen LogP contribution < -0.4 is 20.1 Å². The topological polar surface area (TPSA) is 148 Å². The fraction of sp³-hybridized carbons (Fsp3) is 0.370. The zero-order valence-electron chi connectivity index (χ0n) is 21.6. The van der Waals surface area contributed by atoms with Gasteiger partial charge in [0.25, 0.3) is 0 Å². The van der Waals surface area contributed by atoms with E-state index in [4.69, 9.17) is 9.47 Å². The SMILES string of the molecule is COc1ccc(C(C)=O)cc1CC(=O)N[C@H](C(=O)N[C@@H](CC(=O)O)C(=O)COc1cccc(F)c1)C(C)C. The Hall–Kier alpha value is -4.28. The third-order valence-electron chi connectivity index (χ3n) is 5.56. The number of carbonyl (C=O) groups is 5. The van der Waals surface area contributed by atoms with Gasteiger partial charge in [0.05, 0.1) is 20.0 Å². The summed E-state index contributed by atoms with van der Waals surface area (Å²) in [7, 11) is 1.42. The molecule has 0 saturated carbocycles. The zero-order chi connectivity index (χ0) is 28.4. The van der Waals surface area contributed by atoms with Gasteiger partial charge in [0.2, 0.25) is 11.8 Å². The van der Waals surface area contributed by atoms with Crippen molar-refractivity contribution >= 4 is 29.4 Å². The second kappa shape index (κ2) is 13.9. The number of nitrogens with one attached hydrogen (secondary N) is 2. The Kier molecular flexibility index (Phi) is 10.9. The number of carboxylic acid groups (broad SMARTS) is 1. The third kappa shape index (κ3) is 8.99. The van der Waals surface area contributed by atoms with Crippen molar-refractivity contribution in [2.24, 2.45) is 5.92 Å². The van der Waals surface area contributed by atoms with Gasteiger partial charge < -0.3 is 25.2 Å². The van der Waals surface area contributed by atoms with E-state index in [1.54, 1.807) is 26.0 Å². The minimum Gasteiger partial charge on any atom is -0.496 e. The van der Waals surface area contributed by atoms with E-state index in [1.165, 1.54) is 38.3 Å². The smallest absolute Gasteiger partial charge is 0.305 e. The Bertz CT molecular complexity index is 1200. The number of hydrogen-bond acceptors (Lipinski definition) is 7. The molecule has 2 atom stereocenters. The van der Waals surface area contributed by atoms with Gasteiger partial charge >= 0.3 is 5.97 Å². The van der Waals surface area contributed by atoms with Gasteiger partial charge in [-0.25, -0.2) is 4.39 Å². The molecule has 2 rings (SSSR count). The Morgan fingerprint density at radius 1 is 1.03 bits per heavy atom. The third-order valence-corrected chi connectivity index (χ3v) is 5.56. The lowest BCUT2D eigenvalue weighted by Crippen LogP contribution is -2.54. The Labute approximate surface area is 219 Å². The van der Waals surface area contributed by atoms with Crippen LogP contribution in [0.3, 0.4) is 0 Å². The number of Topliss-reactive ketones (excluding diaryl/α,β-unsaturated/α-hetero) is 2. The fourth-order valence-corrected chi connectivity index (χ4v) is 3.56. The molecule has 2 amide bonds. The number of hydrogen-bond donors (Lipinski definition) is 3. The normalized spacial score (nSPS) is 12.3. The quantitative estimate of drug-likeness (QED) is 0.315. The first-order chi connectivity index (χ1) is 17.9. The fourth-order valence-electron chi connectivity index (χ4n) is 3.56. The second-order valence-electron chi connectivity index (χ2n) is 8.92. The highest BCUT2D eigenvalue weighted by Crippen LogP contribution is 2.21. The first-order valence-corrected chi connectivity index (χ1v) is 11.8. The molecule has 0 radical (unpaired) electrons. The molecule has 0 aliphatic rings. The average molecular weight is 531 g/mol. The van der Waals surface area contributed by atoms with Crippen LogP contribution in [-0.2, 0) is 25.6 Å². The van der Waals surface area contributed by atoms with E-state index in [0.717, 1.165) is 6.07 Å². The monoisotopic (exact) mass is 530 g/mol. The van der Waals surface area contributed by atoms with E-state index >= 15 is 0 Å². The Morgan fingerprint density at radius 2 is 1.74 bits per heavy atom. The van der Waals surface area contributed by atoms with Gasteiger partial charge in [-0.05, 0) is 43.2 Å². The van der Waals surface area contributed by atoms with Crippen LogP contribution in [0.25, 0.3) is 0 Å². The number of rotatable bonds is 14. The van der Waals surface area contributed by atoms with Crippen LogP contribution in [0, 0.1) is 11.7 Å². The van der Waals surface area contributed by atoms with Gasteiger partial charge in [0.15, 0.2) is 11.6 Å². The number of ether oxygens (including phenoxy) is 2. The average Bonchev–Trinajstić information content (AvgIpc) is 2.84. The molecule has 0 heterocycles. The number of aliphatic carboxylic acids is 1. The van der Waals surface area contributed by atoms with Crippen molar-refractivity contribution in [1.29, 1.82) is 0 Å². The summed E-state index contributed by atoms with van der Waals surface area (Å²) in [5.74, 6) is -4.13. The molecule has 0 spiro atoms. The van der Waals surface area contributed by atoms with Gasteiger partial charge in [-0.1, -0.05) is 19.9 Å². The van der Waals surface area contributed by atoms with Crippen LogP contribution >= 0.6 is 0 Å². The van der Waals surface area contributed by atoms with Crippen LogP contribution in [0.4, 0.5) is 4.39 Å². The first-order valence-electron chi connectivity index (χ1n) is 11.8. The summed E-state index contributed by atoms with van der Waals surface area (Å²) in [6.07, 6.45) is -0.912. The molecular weight excluding hydrogens is 499 g/mol. The molecule has 10 nitrogen and oxygen atoms in total. The molecule has 2 aromatic carbocycles. The van der Waals surface area contributed by atoms with Crippen LogP contribution in [0.1, 0.15) is 43.1 Å². The van der Waals surface area contributed by atoms with Crippen molar-refractivity contribution in [3.05, 3.63) is 59.4 Å². The number of carboxylic acids is 1. The van der Waals surface area contributed by atoms with Crippen molar-refractivity contribution in [3.63, 3.8) is 0 Å². The Morgan fingerprint density at radius 3 is 2.32 bits per heavy atom. The molecule has 0 saturated heterocycles. The highest BCUT2D eigenvalue weighted by Gasteiger charge is 2.30. The summed E-state index contributed by atoms with van der Waals surface area (Å²) in [5, 5.41) is 14.2. The van der Waals surface area contributed by atoms with Crippen molar-refractivity contribution in [3.8, 4) is 11.5 Å². The molecule has 0 fully saturated rings. The van der Waals surface area contributed by atoms with Crippen molar-refractivity contribution < 1.29 is 42.9 Å². The number of ketones is 2. The predicted molar refractivity (Wildman–Crippen MR) is 135 cm³/mol. The second-order valence-corrected chi connectivity index (χ2v) is 8.92. The Balaban J connectivity index is 2.11. The molecule has 0 unspecified atom stereocenters. The van der Waals surface area contributed by atoms with Crippen molar-refractivity contribution in [2.45, 2.75) is 45.7 Å². The van der Waals surface area contributed by atoms with Gasteiger partial charge in [-0.2, -0.15) is 0 Å². The van der Waals surface area contributed by atoms with Gasteiger partial charge in [-0.3, -0.25) is 24.0 Å². The molecule has 3 N–H and O–H groups in total. The van der Waals surface area contributed by atoms with Crippen LogP contribution in [-0.4, -0.2) is 60.3 Å². The molecule has 0 bridgehead atoms. The summed E-state index contributed by atoms with van der Waals surface area (Å²) in [5.41, 5.74) is 0.830. The number of amides is 2. The van der Waals surface area contributed by atoms with E-state index < -0.39 is 60.4 Å². The number of benzene rings is 2. The lowest BCUT2D eigenvalue weighted by Gasteiger charge is -2.25. The van der Waals surface area contributed by atoms with E-state index in [9.17, 15) is 33.5 Å². The predicted octanol–water partition coefficient (Wildman–Crippen LogP) is 2.33. The maximum absolute atomic E-state index is 13.3. The summed E-state index contributed by atoms with van der Waals surface area (Å²) in [6.45, 7) is 4.13. The summed E-state index contributed by atoms with van der Waals surface area (Å²) in [6, 6.07) is 7.19. The van der Waals surface area contributed by atoms with Gasteiger partial charge in [0, 0.05) is 17.2 Å². The van der Waals surface area contributed by atoms with Crippen molar-refractivity contribution in [1.82, 2.24) is 10.6 Å². The van der Waals surface area contributed by atoms with E-state index in [-0.39, 0.29) is 18.0 Å². The van der Waals surface area contributed by atoms with E-state index in [1.807, 2.05) is 0 Å². The van der Waals surface area contributed by atoms with Crippen molar-refractivity contribution in [2.75, 3.05) is 13.7 Å².